The van der Waals surface area contributed by atoms with Gasteiger partial charge in [-0.2, -0.15) is 0 Å². The molecule has 0 amide bonds. The van der Waals surface area contributed by atoms with Crippen LogP contribution < -0.4 is 5.56 Å². The van der Waals surface area contributed by atoms with Crippen LogP contribution in [0.3, 0.4) is 0 Å². The van der Waals surface area contributed by atoms with Crippen LogP contribution in [-0.4, -0.2) is 32.5 Å². The molecule has 6 heteroatoms. The average Bonchev–Trinajstić information content (AvgIpc) is 3.16. The van der Waals surface area contributed by atoms with Gasteiger partial charge in [-0.15, -0.1) is 11.3 Å². The highest BCUT2D eigenvalue weighted by Gasteiger charge is 2.35. The van der Waals surface area contributed by atoms with Crippen molar-refractivity contribution in [3.05, 3.63) is 69.3 Å². The normalized spacial score (nSPS) is 22.2. The molecule has 1 fully saturated rings. The number of hydrogen-bond acceptors (Lipinski definition) is 5. The first-order chi connectivity index (χ1) is 12.8. The second-order valence-corrected chi connectivity index (χ2v) is 8.32. The second-order valence-electron chi connectivity index (χ2n) is 7.29. The number of fused-ring (bicyclic) bond motifs is 4. The van der Waals surface area contributed by atoms with Crippen molar-refractivity contribution < 1.29 is 0 Å². The summed E-state index contributed by atoms with van der Waals surface area (Å²) in [7, 11) is 0. The Bertz CT molecular complexity index is 967. The molecule has 0 spiro atoms. The van der Waals surface area contributed by atoms with Crippen LogP contribution >= 0.6 is 11.3 Å². The molecule has 0 aliphatic carbocycles. The third kappa shape index (κ3) is 2.79. The summed E-state index contributed by atoms with van der Waals surface area (Å²) in [6.45, 7) is 3.93. The standard InChI is InChI=1S/C20H20N4OS/c25-20-18(16-7-21-13-22-8-16)3-4-19-15-6-14(10-24(19)20)9-23(11-15)12-17-2-1-5-26-17/h1-5,7-8,13-15H,6,9-12H2. The van der Waals surface area contributed by atoms with Gasteiger partial charge in [-0.1, -0.05) is 6.07 Å². The van der Waals surface area contributed by atoms with E-state index in [0.717, 1.165) is 31.7 Å². The minimum atomic E-state index is 0.0960. The van der Waals surface area contributed by atoms with Crippen LogP contribution in [0.2, 0.25) is 0 Å². The van der Waals surface area contributed by atoms with E-state index in [4.69, 9.17) is 0 Å². The number of nitrogens with zero attached hydrogens (tertiary/aromatic N) is 4. The Morgan fingerprint density at radius 2 is 2.00 bits per heavy atom. The van der Waals surface area contributed by atoms with Gasteiger partial charge in [0.2, 0.25) is 0 Å². The highest BCUT2D eigenvalue weighted by atomic mass is 32.1. The van der Waals surface area contributed by atoms with Gasteiger partial charge < -0.3 is 4.57 Å². The first-order valence-electron chi connectivity index (χ1n) is 9.02. The summed E-state index contributed by atoms with van der Waals surface area (Å²) in [6.07, 6.45) is 6.10. The maximum Gasteiger partial charge on any atom is 0.258 e. The molecule has 0 saturated carbocycles. The first kappa shape index (κ1) is 15.9. The summed E-state index contributed by atoms with van der Waals surface area (Å²) in [6, 6.07) is 8.42. The third-order valence-electron chi connectivity index (χ3n) is 5.51. The van der Waals surface area contributed by atoms with E-state index >= 15 is 0 Å². The topological polar surface area (TPSA) is 51.0 Å². The smallest absolute Gasteiger partial charge is 0.258 e. The van der Waals surface area contributed by atoms with Crippen LogP contribution in [0.1, 0.15) is 22.9 Å². The van der Waals surface area contributed by atoms with Crippen molar-refractivity contribution in [2.24, 2.45) is 5.92 Å². The zero-order valence-corrected chi connectivity index (χ0v) is 15.2. The van der Waals surface area contributed by atoms with Gasteiger partial charge in [0.25, 0.3) is 5.56 Å². The number of likely N-dealkylation sites (tertiary alicyclic amines) is 1. The van der Waals surface area contributed by atoms with Crippen LogP contribution in [0.5, 0.6) is 0 Å². The monoisotopic (exact) mass is 364 g/mol. The number of pyridine rings is 1. The fourth-order valence-electron chi connectivity index (χ4n) is 4.45. The number of hydrogen-bond donors (Lipinski definition) is 0. The number of thiophene rings is 1. The number of piperidine rings is 1. The lowest BCUT2D eigenvalue weighted by Gasteiger charge is -2.42. The minimum Gasteiger partial charge on any atom is -0.311 e. The average molecular weight is 364 g/mol. The Hall–Kier alpha value is -2.31. The largest absolute Gasteiger partial charge is 0.311 e. The maximum absolute atomic E-state index is 13.1. The van der Waals surface area contributed by atoms with Crippen LogP contribution in [-0.2, 0) is 13.1 Å². The Morgan fingerprint density at radius 1 is 1.12 bits per heavy atom. The Balaban J connectivity index is 1.46. The summed E-state index contributed by atoms with van der Waals surface area (Å²) < 4.78 is 2.00. The molecule has 5 heterocycles. The second kappa shape index (κ2) is 6.45. The predicted molar refractivity (Wildman–Crippen MR) is 102 cm³/mol. The maximum atomic E-state index is 13.1. The lowest BCUT2D eigenvalue weighted by Crippen LogP contribution is -2.46. The molecule has 2 bridgehead atoms. The van der Waals surface area contributed by atoms with Crippen molar-refractivity contribution >= 4 is 11.3 Å². The van der Waals surface area contributed by atoms with Crippen molar-refractivity contribution in [3.63, 3.8) is 0 Å². The van der Waals surface area contributed by atoms with E-state index in [-0.39, 0.29) is 5.56 Å². The lowest BCUT2D eigenvalue weighted by molar-refractivity contribution is 0.115. The van der Waals surface area contributed by atoms with Crippen LogP contribution in [0, 0.1) is 5.92 Å². The number of rotatable bonds is 3. The van der Waals surface area contributed by atoms with Crippen molar-refractivity contribution in [1.82, 2.24) is 19.4 Å². The summed E-state index contributed by atoms with van der Waals surface area (Å²) in [5.41, 5.74) is 2.77. The Morgan fingerprint density at radius 3 is 2.81 bits per heavy atom. The molecule has 2 aliphatic heterocycles. The minimum absolute atomic E-state index is 0.0960. The highest BCUT2D eigenvalue weighted by Crippen LogP contribution is 2.36. The van der Waals surface area contributed by atoms with Crippen LogP contribution in [0.25, 0.3) is 11.1 Å². The number of aromatic nitrogens is 3. The van der Waals surface area contributed by atoms with Gasteiger partial charge in [0, 0.05) is 60.6 Å². The fourth-order valence-corrected chi connectivity index (χ4v) is 5.20. The molecule has 5 nitrogen and oxygen atoms in total. The zero-order valence-electron chi connectivity index (χ0n) is 14.4. The Kier molecular flexibility index (Phi) is 3.94. The van der Waals surface area contributed by atoms with Gasteiger partial charge >= 0.3 is 0 Å². The van der Waals surface area contributed by atoms with E-state index in [2.05, 4.69) is 38.4 Å². The third-order valence-corrected chi connectivity index (χ3v) is 6.37. The molecule has 2 aliphatic rings. The quantitative estimate of drug-likeness (QED) is 0.717. The SMILES string of the molecule is O=c1c(-c2cncnc2)ccc2n1CC1CC2CN(Cc2cccs2)C1. The van der Waals surface area contributed by atoms with E-state index in [9.17, 15) is 4.79 Å². The molecule has 0 aromatic carbocycles. The Labute approximate surface area is 156 Å². The molecular weight excluding hydrogens is 344 g/mol. The first-order valence-corrected chi connectivity index (χ1v) is 9.90. The van der Waals surface area contributed by atoms with E-state index in [0.29, 0.717) is 17.4 Å². The van der Waals surface area contributed by atoms with Crippen LogP contribution in [0.15, 0.2) is 53.2 Å². The van der Waals surface area contributed by atoms with E-state index in [1.807, 2.05) is 22.0 Å². The van der Waals surface area contributed by atoms with Gasteiger partial charge in [0.15, 0.2) is 0 Å². The summed E-state index contributed by atoms with van der Waals surface area (Å²) >= 11 is 1.82. The predicted octanol–water partition coefficient (Wildman–Crippen LogP) is 2.99. The summed E-state index contributed by atoms with van der Waals surface area (Å²) in [4.78, 5) is 25.2. The van der Waals surface area contributed by atoms with Crippen LogP contribution in [0.4, 0.5) is 0 Å². The van der Waals surface area contributed by atoms with E-state index in [1.54, 1.807) is 12.4 Å². The van der Waals surface area contributed by atoms with Gasteiger partial charge in [0.1, 0.15) is 6.33 Å². The molecule has 2 unspecified atom stereocenters. The molecule has 3 aromatic rings. The molecule has 0 N–H and O–H groups in total. The molecule has 26 heavy (non-hydrogen) atoms. The molecular formula is C20H20N4OS. The van der Waals surface area contributed by atoms with E-state index in [1.165, 1.54) is 23.3 Å². The zero-order chi connectivity index (χ0) is 17.5. The van der Waals surface area contributed by atoms with Crippen molar-refractivity contribution in [2.75, 3.05) is 13.1 Å². The molecule has 132 valence electrons. The van der Waals surface area contributed by atoms with Crippen molar-refractivity contribution in [3.8, 4) is 11.1 Å². The lowest BCUT2D eigenvalue weighted by atomic mass is 9.83. The summed E-state index contributed by atoms with van der Waals surface area (Å²) in [5.74, 6) is 0.984. The molecule has 3 aromatic heterocycles. The highest BCUT2D eigenvalue weighted by molar-refractivity contribution is 7.09. The van der Waals surface area contributed by atoms with Gasteiger partial charge in [-0.25, -0.2) is 9.97 Å². The van der Waals surface area contributed by atoms with Gasteiger partial charge in [-0.3, -0.25) is 9.69 Å². The molecule has 0 radical (unpaired) electrons. The molecule has 2 atom stereocenters. The van der Waals surface area contributed by atoms with Gasteiger partial charge in [0.05, 0.1) is 5.56 Å². The summed E-state index contributed by atoms with van der Waals surface area (Å²) in [5, 5.41) is 2.14. The van der Waals surface area contributed by atoms with E-state index < -0.39 is 0 Å². The molecule has 1 saturated heterocycles. The molecule has 5 rings (SSSR count). The fraction of sp³-hybridized carbons (Fsp3) is 0.350. The van der Waals surface area contributed by atoms with Gasteiger partial charge in [-0.05, 0) is 35.9 Å². The van der Waals surface area contributed by atoms with Crippen molar-refractivity contribution in [1.29, 1.82) is 0 Å². The van der Waals surface area contributed by atoms with Crippen molar-refractivity contribution in [2.45, 2.75) is 25.4 Å².